The van der Waals surface area contributed by atoms with E-state index in [1.165, 1.54) is 6.42 Å². The molecule has 2 unspecified atom stereocenters. The fourth-order valence-corrected chi connectivity index (χ4v) is 4.57. The summed E-state index contributed by atoms with van der Waals surface area (Å²) in [6, 6.07) is 0. The lowest BCUT2D eigenvalue weighted by molar-refractivity contribution is -0.229. The maximum absolute atomic E-state index is 11.8. The van der Waals surface area contributed by atoms with Crippen molar-refractivity contribution in [3.8, 4) is 0 Å². The normalized spacial score (nSPS) is 49.2. The molecule has 0 spiro atoms. The van der Waals surface area contributed by atoms with Gasteiger partial charge < -0.3 is 9.84 Å². The Morgan fingerprint density at radius 3 is 2.72 bits per heavy atom. The molecule has 18 heavy (non-hydrogen) atoms. The zero-order valence-electron chi connectivity index (χ0n) is 11.2. The average molecular weight is 250 g/mol. The minimum absolute atomic E-state index is 0.122. The molecule has 0 saturated heterocycles. The first kappa shape index (κ1) is 12.2. The van der Waals surface area contributed by atoms with Crippen LogP contribution in [-0.4, -0.2) is 22.8 Å². The van der Waals surface area contributed by atoms with Crippen LogP contribution in [0.5, 0.6) is 0 Å². The highest BCUT2D eigenvalue weighted by molar-refractivity contribution is 5.87. The third-order valence-corrected chi connectivity index (χ3v) is 5.53. The molecule has 0 radical (unpaired) electrons. The number of aliphatic hydroxyl groups excluding tert-OH is 1. The highest BCUT2D eigenvalue weighted by Crippen LogP contribution is 2.59. The van der Waals surface area contributed by atoms with Crippen molar-refractivity contribution in [3.05, 3.63) is 12.2 Å². The van der Waals surface area contributed by atoms with Gasteiger partial charge in [-0.15, -0.1) is 0 Å². The van der Waals surface area contributed by atoms with Gasteiger partial charge in [-0.25, -0.2) is 4.79 Å². The first-order chi connectivity index (χ1) is 8.41. The number of aliphatic hydroxyl groups is 1. The number of ether oxygens (including phenoxy) is 1. The summed E-state index contributed by atoms with van der Waals surface area (Å²) in [4.78, 5) is 11.8. The molecular weight excluding hydrogens is 228 g/mol. The van der Waals surface area contributed by atoms with E-state index in [0.717, 1.165) is 25.2 Å². The number of hydrogen-bond acceptors (Lipinski definition) is 3. The molecule has 0 aromatic rings. The van der Waals surface area contributed by atoms with Gasteiger partial charge in [-0.2, -0.15) is 0 Å². The zero-order chi connectivity index (χ0) is 13.1. The highest BCUT2D eigenvalue weighted by atomic mass is 16.6. The minimum atomic E-state index is -0.483. The molecule has 0 aromatic carbocycles. The third-order valence-electron chi connectivity index (χ3n) is 5.53. The second-order valence-electron chi connectivity index (χ2n) is 6.72. The summed E-state index contributed by atoms with van der Waals surface area (Å²) in [5.74, 6) is 1.41. The molecule has 4 saturated carbocycles. The molecule has 6 atom stereocenters. The summed E-state index contributed by atoms with van der Waals surface area (Å²) in [5.41, 5.74) is -0.0393. The lowest BCUT2D eigenvalue weighted by atomic mass is 9.49. The van der Waals surface area contributed by atoms with E-state index in [4.69, 9.17) is 4.74 Å². The monoisotopic (exact) mass is 250 g/mol. The second-order valence-corrected chi connectivity index (χ2v) is 6.72. The zero-order valence-corrected chi connectivity index (χ0v) is 11.2. The van der Waals surface area contributed by atoms with Crippen molar-refractivity contribution in [3.63, 3.8) is 0 Å². The van der Waals surface area contributed by atoms with Crippen LogP contribution in [0.4, 0.5) is 0 Å². The Balaban J connectivity index is 1.87. The number of carbonyl (C=O) groups is 1. The van der Waals surface area contributed by atoms with Crippen LogP contribution >= 0.6 is 0 Å². The highest BCUT2D eigenvalue weighted by Gasteiger charge is 2.61. The van der Waals surface area contributed by atoms with Crippen molar-refractivity contribution in [2.45, 2.75) is 51.2 Å². The van der Waals surface area contributed by atoms with E-state index >= 15 is 0 Å². The minimum Gasteiger partial charge on any atom is -0.455 e. The third kappa shape index (κ3) is 1.56. The number of esters is 1. The Labute approximate surface area is 108 Å². The van der Waals surface area contributed by atoms with Gasteiger partial charge in [0.2, 0.25) is 0 Å². The number of hydrogen-bond donors (Lipinski definition) is 1. The molecular formula is C15H22O3. The molecule has 3 heteroatoms. The van der Waals surface area contributed by atoms with Gasteiger partial charge in [0, 0.05) is 11.5 Å². The van der Waals surface area contributed by atoms with Crippen LogP contribution in [0.3, 0.4) is 0 Å². The van der Waals surface area contributed by atoms with Gasteiger partial charge in [-0.05, 0) is 57.3 Å². The predicted molar refractivity (Wildman–Crippen MR) is 67.7 cm³/mol. The van der Waals surface area contributed by atoms with Crippen molar-refractivity contribution in [2.24, 2.45) is 23.7 Å². The summed E-state index contributed by atoms with van der Waals surface area (Å²) in [6.45, 7) is 7.35. The summed E-state index contributed by atoms with van der Waals surface area (Å²) < 4.78 is 5.75. The van der Waals surface area contributed by atoms with E-state index in [2.05, 4.69) is 6.58 Å². The van der Waals surface area contributed by atoms with Gasteiger partial charge in [-0.3, -0.25) is 0 Å². The number of carbonyl (C=O) groups excluding carboxylic acids is 1. The molecule has 4 fully saturated rings. The number of rotatable bonds is 2. The van der Waals surface area contributed by atoms with Gasteiger partial charge in [-0.1, -0.05) is 6.58 Å². The van der Waals surface area contributed by atoms with Gasteiger partial charge >= 0.3 is 5.97 Å². The van der Waals surface area contributed by atoms with Gasteiger partial charge in [0.05, 0.1) is 6.10 Å². The van der Waals surface area contributed by atoms with Crippen molar-refractivity contribution in [1.82, 2.24) is 0 Å². The average Bonchev–Trinajstić information content (AvgIpc) is 2.31. The van der Waals surface area contributed by atoms with Gasteiger partial charge in [0.1, 0.15) is 5.60 Å². The maximum Gasteiger partial charge on any atom is 0.333 e. The first-order valence-electron chi connectivity index (χ1n) is 6.98. The van der Waals surface area contributed by atoms with Crippen LogP contribution < -0.4 is 0 Å². The van der Waals surface area contributed by atoms with E-state index in [9.17, 15) is 9.90 Å². The molecule has 0 aromatic heterocycles. The van der Waals surface area contributed by atoms with Crippen LogP contribution in [0.25, 0.3) is 0 Å². The molecule has 0 aliphatic heterocycles. The molecule has 4 aliphatic rings. The Morgan fingerprint density at radius 1 is 1.33 bits per heavy atom. The fourth-order valence-electron chi connectivity index (χ4n) is 4.57. The van der Waals surface area contributed by atoms with Crippen molar-refractivity contribution in [1.29, 1.82) is 0 Å². The Morgan fingerprint density at radius 2 is 2.06 bits per heavy atom. The Bertz CT molecular complexity index is 403. The van der Waals surface area contributed by atoms with Crippen molar-refractivity contribution in [2.75, 3.05) is 0 Å². The SMILES string of the molecule is C=C(C)C(=O)OC1(C)[C@@H]2C[C@H]3C[C@@H](C2)C(O)[C@@H]1C3. The Kier molecular flexibility index (Phi) is 2.60. The summed E-state index contributed by atoms with van der Waals surface area (Å²) in [6.07, 6.45) is 4.04. The second kappa shape index (κ2) is 3.83. The first-order valence-corrected chi connectivity index (χ1v) is 6.98. The fraction of sp³-hybridized carbons (Fsp3) is 0.800. The molecule has 3 nitrogen and oxygen atoms in total. The molecule has 100 valence electrons. The van der Waals surface area contributed by atoms with Crippen molar-refractivity contribution < 1.29 is 14.6 Å². The van der Waals surface area contributed by atoms with E-state index in [0.29, 0.717) is 17.4 Å². The maximum atomic E-state index is 11.8. The summed E-state index contributed by atoms with van der Waals surface area (Å²) >= 11 is 0. The lowest BCUT2D eigenvalue weighted by Gasteiger charge is -2.61. The van der Waals surface area contributed by atoms with Gasteiger partial charge in [0.15, 0.2) is 0 Å². The Hall–Kier alpha value is -0.830. The van der Waals surface area contributed by atoms with Crippen LogP contribution in [0, 0.1) is 23.7 Å². The van der Waals surface area contributed by atoms with E-state index in [-0.39, 0.29) is 18.0 Å². The summed E-state index contributed by atoms with van der Waals surface area (Å²) in [5, 5.41) is 10.4. The smallest absolute Gasteiger partial charge is 0.333 e. The topological polar surface area (TPSA) is 46.5 Å². The van der Waals surface area contributed by atoms with Crippen LogP contribution in [0.2, 0.25) is 0 Å². The van der Waals surface area contributed by atoms with Crippen LogP contribution in [0.15, 0.2) is 12.2 Å². The predicted octanol–water partition coefficient (Wildman–Crippen LogP) is 2.29. The van der Waals surface area contributed by atoms with E-state index in [1.54, 1.807) is 6.92 Å². The van der Waals surface area contributed by atoms with Crippen molar-refractivity contribution >= 4 is 5.97 Å². The van der Waals surface area contributed by atoms with Crippen LogP contribution in [-0.2, 0) is 9.53 Å². The summed E-state index contributed by atoms with van der Waals surface area (Å²) in [7, 11) is 0. The van der Waals surface area contributed by atoms with E-state index < -0.39 is 5.60 Å². The molecule has 0 heterocycles. The van der Waals surface area contributed by atoms with E-state index in [1.807, 2.05) is 6.92 Å². The molecule has 4 rings (SSSR count). The van der Waals surface area contributed by atoms with Crippen LogP contribution in [0.1, 0.15) is 39.5 Å². The molecule has 4 aliphatic carbocycles. The molecule has 4 bridgehead atoms. The molecule has 1 N–H and O–H groups in total. The largest absolute Gasteiger partial charge is 0.455 e. The quantitative estimate of drug-likeness (QED) is 0.604. The van der Waals surface area contributed by atoms with Gasteiger partial charge in [0.25, 0.3) is 0 Å². The molecule has 0 amide bonds. The lowest BCUT2D eigenvalue weighted by Crippen LogP contribution is -2.63. The standard InChI is InChI=1S/C15H22O3/c1-8(2)14(17)18-15(3)11-5-9-4-10(7-11)13(16)12(15)6-9/h9-13,16H,1,4-7H2,2-3H3/t9-,10+,11-,12+,13?,15?/m1/s1.